The standard InChI is InChI=1S/C19H19NO4S/c1-14-4-6-15(7-5-14)10-12-25(23,24)20-11-2-3-16-13-17(19(21)22)8-9-18(16)20/h4-10,12-13H,2-3,11H2,1H3,(H,21,22)/b12-10+. The van der Waals surface area contributed by atoms with Crippen molar-refractivity contribution in [2.24, 2.45) is 0 Å². The molecule has 1 aliphatic rings. The van der Waals surface area contributed by atoms with Crippen molar-refractivity contribution in [3.8, 4) is 0 Å². The highest BCUT2D eigenvalue weighted by Crippen LogP contribution is 2.31. The van der Waals surface area contributed by atoms with Crippen molar-refractivity contribution in [1.82, 2.24) is 0 Å². The van der Waals surface area contributed by atoms with Crippen LogP contribution in [-0.2, 0) is 16.4 Å². The van der Waals surface area contributed by atoms with E-state index in [1.165, 1.54) is 15.8 Å². The van der Waals surface area contributed by atoms with Crippen LogP contribution in [0.15, 0.2) is 47.9 Å². The van der Waals surface area contributed by atoms with Crippen molar-refractivity contribution in [2.45, 2.75) is 19.8 Å². The molecule has 0 spiro atoms. The molecule has 0 unspecified atom stereocenters. The molecule has 2 aromatic carbocycles. The largest absolute Gasteiger partial charge is 0.478 e. The number of sulfonamides is 1. The van der Waals surface area contributed by atoms with Gasteiger partial charge in [0.25, 0.3) is 10.0 Å². The van der Waals surface area contributed by atoms with Gasteiger partial charge in [-0.1, -0.05) is 29.8 Å². The third kappa shape index (κ3) is 3.74. The first-order chi connectivity index (χ1) is 11.9. The molecule has 2 aromatic rings. The van der Waals surface area contributed by atoms with Gasteiger partial charge >= 0.3 is 5.97 Å². The molecule has 130 valence electrons. The Morgan fingerprint density at radius 2 is 1.88 bits per heavy atom. The van der Waals surface area contributed by atoms with Gasteiger partial charge < -0.3 is 5.11 Å². The van der Waals surface area contributed by atoms with Crippen molar-refractivity contribution < 1.29 is 18.3 Å². The van der Waals surface area contributed by atoms with E-state index in [-0.39, 0.29) is 5.56 Å². The molecule has 6 heteroatoms. The highest BCUT2D eigenvalue weighted by Gasteiger charge is 2.26. The first kappa shape index (κ1) is 17.2. The van der Waals surface area contributed by atoms with Gasteiger partial charge in [0, 0.05) is 6.54 Å². The van der Waals surface area contributed by atoms with Gasteiger partial charge in [0.15, 0.2) is 0 Å². The van der Waals surface area contributed by atoms with E-state index in [9.17, 15) is 13.2 Å². The molecule has 0 amide bonds. The van der Waals surface area contributed by atoms with Gasteiger partial charge in [0.1, 0.15) is 0 Å². The number of aryl methyl sites for hydroxylation is 2. The van der Waals surface area contributed by atoms with Crippen LogP contribution >= 0.6 is 0 Å². The van der Waals surface area contributed by atoms with Gasteiger partial charge in [0.2, 0.25) is 0 Å². The maximum Gasteiger partial charge on any atom is 0.335 e. The van der Waals surface area contributed by atoms with Crippen LogP contribution in [0.2, 0.25) is 0 Å². The van der Waals surface area contributed by atoms with Crippen molar-refractivity contribution in [3.05, 3.63) is 70.1 Å². The lowest BCUT2D eigenvalue weighted by molar-refractivity contribution is 0.0696. The van der Waals surface area contributed by atoms with Crippen LogP contribution in [0, 0.1) is 6.92 Å². The van der Waals surface area contributed by atoms with Crippen LogP contribution in [-0.4, -0.2) is 26.0 Å². The van der Waals surface area contributed by atoms with E-state index in [0.29, 0.717) is 25.1 Å². The number of carboxylic acids is 1. The summed E-state index contributed by atoms with van der Waals surface area (Å²) in [7, 11) is -3.63. The minimum atomic E-state index is -3.63. The summed E-state index contributed by atoms with van der Waals surface area (Å²) in [5.41, 5.74) is 3.41. The summed E-state index contributed by atoms with van der Waals surface area (Å²) in [6.07, 6.45) is 2.91. The lowest BCUT2D eigenvalue weighted by Gasteiger charge is -2.29. The fourth-order valence-electron chi connectivity index (χ4n) is 2.88. The summed E-state index contributed by atoms with van der Waals surface area (Å²) in [4.78, 5) is 11.1. The average Bonchev–Trinajstić information content (AvgIpc) is 2.60. The van der Waals surface area contributed by atoms with E-state index < -0.39 is 16.0 Å². The molecule has 1 heterocycles. The number of anilines is 1. The van der Waals surface area contributed by atoms with Crippen LogP contribution < -0.4 is 4.31 Å². The number of aromatic carboxylic acids is 1. The highest BCUT2D eigenvalue weighted by molar-refractivity contribution is 7.95. The lowest BCUT2D eigenvalue weighted by atomic mass is 10.0. The second kappa shape index (κ2) is 6.72. The quantitative estimate of drug-likeness (QED) is 0.909. The van der Waals surface area contributed by atoms with E-state index in [1.54, 1.807) is 18.2 Å². The van der Waals surface area contributed by atoms with E-state index >= 15 is 0 Å². The Hall–Kier alpha value is -2.60. The minimum Gasteiger partial charge on any atom is -0.478 e. The molecule has 0 fully saturated rings. The van der Waals surface area contributed by atoms with Crippen molar-refractivity contribution >= 4 is 27.8 Å². The summed E-state index contributed by atoms with van der Waals surface area (Å²) in [6.45, 7) is 2.36. The van der Waals surface area contributed by atoms with Gasteiger partial charge in [-0.05, 0) is 55.2 Å². The molecule has 0 radical (unpaired) electrons. The molecule has 0 aliphatic carbocycles. The maximum atomic E-state index is 12.7. The molecule has 1 aliphatic heterocycles. The summed E-state index contributed by atoms with van der Waals surface area (Å²) >= 11 is 0. The SMILES string of the molecule is Cc1ccc(/C=C/S(=O)(=O)N2CCCc3cc(C(=O)O)ccc32)cc1. The lowest BCUT2D eigenvalue weighted by Crippen LogP contribution is -2.34. The Bertz CT molecular complexity index is 930. The number of fused-ring (bicyclic) bond motifs is 1. The fourth-order valence-corrected chi connectivity index (χ4v) is 4.19. The number of benzene rings is 2. The zero-order chi connectivity index (χ0) is 18.0. The number of carbonyl (C=O) groups is 1. The van der Waals surface area contributed by atoms with E-state index in [1.807, 2.05) is 31.2 Å². The van der Waals surface area contributed by atoms with Gasteiger partial charge in [-0.15, -0.1) is 0 Å². The normalized spacial score (nSPS) is 14.5. The molecular formula is C19H19NO4S. The molecule has 0 atom stereocenters. The van der Waals surface area contributed by atoms with E-state index in [2.05, 4.69) is 0 Å². The Balaban J connectivity index is 1.91. The van der Waals surface area contributed by atoms with Crippen molar-refractivity contribution in [3.63, 3.8) is 0 Å². The fraction of sp³-hybridized carbons (Fsp3) is 0.211. The smallest absolute Gasteiger partial charge is 0.335 e. The van der Waals surface area contributed by atoms with Crippen LogP contribution in [0.3, 0.4) is 0 Å². The maximum absolute atomic E-state index is 12.7. The Morgan fingerprint density at radius 1 is 1.16 bits per heavy atom. The van der Waals surface area contributed by atoms with Crippen molar-refractivity contribution in [1.29, 1.82) is 0 Å². The summed E-state index contributed by atoms with van der Waals surface area (Å²) in [5, 5.41) is 10.3. The third-order valence-corrected chi connectivity index (χ3v) is 5.69. The zero-order valence-corrected chi connectivity index (χ0v) is 14.7. The number of hydrogen-bond donors (Lipinski definition) is 1. The molecular weight excluding hydrogens is 338 g/mol. The summed E-state index contributed by atoms with van der Waals surface area (Å²) in [5.74, 6) is -1.01. The van der Waals surface area contributed by atoms with Crippen LogP contribution in [0.4, 0.5) is 5.69 Å². The number of nitrogens with zero attached hydrogens (tertiary/aromatic N) is 1. The monoisotopic (exact) mass is 357 g/mol. The Labute approximate surface area is 147 Å². The molecule has 0 aromatic heterocycles. The topological polar surface area (TPSA) is 74.7 Å². The predicted octanol–water partition coefficient (Wildman–Crippen LogP) is 3.45. The van der Waals surface area contributed by atoms with Crippen molar-refractivity contribution in [2.75, 3.05) is 10.8 Å². The number of hydrogen-bond acceptors (Lipinski definition) is 3. The third-order valence-electron chi connectivity index (χ3n) is 4.22. The molecule has 0 saturated carbocycles. The van der Waals surface area contributed by atoms with Crippen LogP contribution in [0.25, 0.3) is 6.08 Å². The molecule has 0 saturated heterocycles. The van der Waals surface area contributed by atoms with Crippen LogP contribution in [0.1, 0.15) is 33.5 Å². The first-order valence-corrected chi connectivity index (χ1v) is 9.51. The van der Waals surface area contributed by atoms with Gasteiger partial charge in [-0.2, -0.15) is 0 Å². The zero-order valence-electron chi connectivity index (χ0n) is 13.8. The summed E-state index contributed by atoms with van der Waals surface area (Å²) < 4.78 is 26.8. The molecule has 1 N–H and O–H groups in total. The molecule has 0 bridgehead atoms. The molecule has 5 nitrogen and oxygen atoms in total. The Morgan fingerprint density at radius 3 is 2.56 bits per heavy atom. The first-order valence-electron chi connectivity index (χ1n) is 8.00. The van der Waals surface area contributed by atoms with Gasteiger partial charge in [-0.3, -0.25) is 4.31 Å². The predicted molar refractivity (Wildman–Crippen MR) is 98.2 cm³/mol. The average molecular weight is 357 g/mol. The minimum absolute atomic E-state index is 0.174. The molecule has 25 heavy (non-hydrogen) atoms. The van der Waals surface area contributed by atoms with E-state index in [0.717, 1.165) is 16.7 Å². The van der Waals surface area contributed by atoms with E-state index in [4.69, 9.17) is 5.11 Å². The van der Waals surface area contributed by atoms with Gasteiger partial charge in [-0.25, -0.2) is 13.2 Å². The number of rotatable bonds is 4. The van der Waals surface area contributed by atoms with Gasteiger partial charge in [0.05, 0.1) is 16.7 Å². The highest BCUT2D eigenvalue weighted by atomic mass is 32.2. The summed E-state index contributed by atoms with van der Waals surface area (Å²) in [6, 6.07) is 12.2. The second-order valence-corrected chi connectivity index (χ2v) is 7.83. The second-order valence-electron chi connectivity index (χ2n) is 6.08. The molecule has 3 rings (SSSR count). The Kier molecular flexibility index (Phi) is 4.63. The number of carboxylic acid groups (broad SMARTS) is 1. The van der Waals surface area contributed by atoms with Crippen LogP contribution in [0.5, 0.6) is 0 Å².